The molecular weight excluding hydrogens is 385 g/mol. The van der Waals surface area contributed by atoms with Crippen LogP contribution in [0.3, 0.4) is 0 Å². The standard InChI is InChI=1S/C17H14F5N5O/c1-8(17(20,21)22)28-15-11(18)3-9(5-24-15)12-7-27-13(6-23-12)25-26-14(27)10-4-16(10,2)19/h3,5-8,10H,4H2,1-2H3/t8-,10+,16?/m0/s1. The zero-order valence-corrected chi connectivity index (χ0v) is 14.7. The summed E-state index contributed by atoms with van der Waals surface area (Å²) >= 11 is 0. The number of fused-ring (bicyclic) bond motifs is 1. The Morgan fingerprint density at radius 3 is 2.57 bits per heavy atom. The van der Waals surface area contributed by atoms with E-state index in [1.165, 1.54) is 19.3 Å². The molecule has 3 aromatic heterocycles. The van der Waals surface area contributed by atoms with Gasteiger partial charge in [-0.25, -0.2) is 13.8 Å². The maximum Gasteiger partial charge on any atom is 0.425 e. The predicted molar refractivity (Wildman–Crippen MR) is 87.0 cm³/mol. The number of hydrogen-bond acceptors (Lipinski definition) is 5. The van der Waals surface area contributed by atoms with E-state index in [-0.39, 0.29) is 11.3 Å². The van der Waals surface area contributed by atoms with Crippen LogP contribution in [0.5, 0.6) is 5.88 Å². The summed E-state index contributed by atoms with van der Waals surface area (Å²) in [6.07, 6.45) is -2.48. The van der Waals surface area contributed by atoms with Crippen molar-refractivity contribution in [1.82, 2.24) is 24.6 Å². The van der Waals surface area contributed by atoms with Gasteiger partial charge in [-0.05, 0) is 26.3 Å². The van der Waals surface area contributed by atoms with Gasteiger partial charge in [0.2, 0.25) is 0 Å². The van der Waals surface area contributed by atoms with Crippen LogP contribution in [0.1, 0.15) is 32.0 Å². The average Bonchev–Trinajstić information content (AvgIpc) is 3.06. The third kappa shape index (κ3) is 3.25. The number of alkyl halides is 4. The molecule has 28 heavy (non-hydrogen) atoms. The third-order valence-corrected chi connectivity index (χ3v) is 4.65. The maximum atomic E-state index is 14.2. The molecule has 1 aliphatic carbocycles. The zero-order chi connectivity index (χ0) is 20.3. The highest BCUT2D eigenvalue weighted by Crippen LogP contribution is 2.53. The molecule has 1 saturated carbocycles. The summed E-state index contributed by atoms with van der Waals surface area (Å²) in [5.74, 6) is -1.79. The van der Waals surface area contributed by atoms with E-state index in [0.717, 1.165) is 19.2 Å². The number of nitrogens with zero attached hydrogens (tertiary/aromatic N) is 5. The van der Waals surface area contributed by atoms with Crippen LogP contribution in [0.15, 0.2) is 24.7 Å². The molecule has 0 saturated heterocycles. The highest BCUT2D eigenvalue weighted by molar-refractivity contribution is 5.59. The Labute approximate surface area is 155 Å². The molecule has 3 heterocycles. The second-order valence-corrected chi connectivity index (χ2v) is 6.91. The third-order valence-electron chi connectivity index (χ3n) is 4.65. The van der Waals surface area contributed by atoms with E-state index in [9.17, 15) is 22.0 Å². The summed E-state index contributed by atoms with van der Waals surface area (Å²) in [5, 5.41) is 7.93. The van der Waals surface area contributed by atoms with Crippen LogP contribution >= 0.6 is 0 Å². The molecule has 1 fully saturated rings. The summed E-state index contributed by atoms with van der Waals surface area (Å²) in [4.78, 5) is 7.76. The number of rotatable bonds is 4. The van der Waals surface area contributed by atoms with Crippen molar-refractivity contribution < 1.29 is 26.7 Å². The number of pyridine rings is 1. The largest absolute Gasteiger partial charge is 0.463 e. The Morgan fingerprint density at radius 2 is 1.96 bits per heavy atom. The molecule has 0 bridgehead atoms. The normalized spacial score (nSPS) is 23.0. The summed E-state index contributed by atoms with van der Waals surface area (Å²) in [7, 11) is 0. The van der Waals surface area contributed by atoms with Gasteiger partial charge in [-0.2, -0.15) is 13.2 Å². The number of halogens is 5. The Bertz CT molecular complexity index is 1050. The molecule has 0 spiro atoms. The minimum Gasteiger partial charge on any atom is -0.463 e. The van der Waals surface area contributed by atoms with E-state index in [0.29, 0.717) is 17.9 Å². The first-order chi connectivity index (χ1) is 13.1. The minimum atomic E-state index is -4.64. The summed E-state index contributed by atoms with van der Waals surface area (Å²) in [6, 6.07) is 0.972. The molecule has 0 aliphatic heterocycles. The fraction of sp³-hybridized carbons (Fsp3) is 0.412. The first kappa shape index (κ1) is 18.5. The smallest absolute Gasteiger partial charge is 0.425 e. The van der Waals surface area contributed by atoms with Gasteiger partial charge in [-0.1, -0.05) is 0 Å². The molecule has 1 aliphatic rings. The van der Waals surface area contributed by atoms with Crippen LogP contribution < -0.4 is 4.74 Å². The van der Waals surface area contributed by atoms with Crippen LogP contribution in [0.25, 0.3) is 16.9 Å². The fourth-order valence-electron chi connectivity index (χ4n) is 2.79. The highest BCUT2D eigenvalue weighted by Gasteiger charge is 2.54. The lowest BCUT2D eigenvalue weighted by atomic mass is 10.2. The fourth-order valence-corrected chi connectivity index (χ4v) is 2.79. The van der Waals surface area contributed by atoms with Crippen LogP contribution in [-0.4, -0.2) is 42.5 Å². The van der Waals surface area contributed by atoms with Crippen molar-refractivity contribution in [2.45, 2.75) is 44.1 Å². The molecule has 0 amide bonds. The van der Waals surface area contributed by atoms with E-state index < -0.39 is 35.6 Å². The molecule has 0 radical (unpaired) electrons. The van der Waals surface area contributed by atoms with Crippen molar-refractivity contribution in [2.24, 2.45) is 0 Å². The summed E-state index contributed by atoms with van der Waals surface area (Å²) in [6.45, 7) is 2.23. The van der Waals surface area contributed by atoms with Crippen LogP contribution in [-0.2, 0) is 0 Å². The lowest BCUT2D eigenvalue weighted by Crippen LogP contribution is -2.31. The van der Waals surface area contributed by atoms with Gasteiger partial charge in [0.05, 0.1) is 17.8 Å². The zero-order valence-electron chi connectivity index (χ0n) is 14.7. The van der Waals surface area contributed by atoms with E-state index in [2.05, 4.69) is 24.9 Å². The molecule has 11 heteroatoms. The van der Waals surface area contributed by atoms with Crippen molar-refractivity contribution in [2.75, 3.05) is 0 Å². The predicted octanol–water partition coefficient (Wildman–Crippen LogP) is 3.87. The summed E-state index contributed by atoms with van der Waals surface area (Å²) in [5.41, 5.74) is -0.468. The molecule has 3 atom stereocenters. The van der Waals surface area contributed by atoms with Crippen LogP contribution in [0.2, 0.25) is 0 Å². The topological polar surface area (TPSA) is 65.2 Å². The van der Waals surface area contributed by atoms with Crippen molar-refractivity contribution >= 4 is 5.65 Å². The van der Waals surface area contributed by atoms with Crippen LogP contribution in [0.4, 0.5) is 22.0 Å². The average molecular weight is 399 g/mol. The highest BCUT2D eigenvalue weighted by atomic mass is 19.4. The molecule has 6 nitrogen and oxygen atoms in total. The van der Waals surface area contributed by atoms with Gasteiger partial charge in [0.1, 0.15) is 11.5 Å². The van der Waals surface area contributed by atoms with E-state index in [1.807, 2.05) is 0 Å². The Morgan fingerprint density at radius 1 is 1.25 bits per heavy atom. The molecule has 4 rings (SSSR count). The van der Waals surface area contributed by atoms with Gasteiger partial charge >= 0.3 is 6.18 Å². The van der Waals surface area contributed by atoms with Crippen molar-refractivity contribution in [3.63, 3.8) is 0 Å². The molecule has 3 aromatic rings. The first-order valence-corrected chi connectivity index (χ1v) is 8.35. The van der Waals surface area contributed by atoms with Gasteiger partial charge in [-0.15, -0.1) is 10.2 Å². The van der Waals surface area contributed by atoms with E-state index in [4.69, 9.17) is 0 Å². The Kier molecular flexibility index (Phi) is 4.02. The number of hydrogen-bond donors (Lipinski definition) is 0. The van der Waals surface area contributed by atoms with Crippen molar-refractivity contribution in [3.05, 3.63) is 36.3 Å². The molecule has 1 unspecified atom stereocenters. The SMILES string of the molecule is C[C@H](Oc1ncc(-c2cn3c([C@H]4CC4(C)F)nnc3cn2)cc1F)C(F)(F)F. The Balaban J connectivity index is 1.65. The maximum absolute atomic E-state index is 14.2. The second-order valence-electron chi connectivity index (χ2n) is 6.91. The van der Waals surface area contributed by atoms with Gasteiger partial charge in [-0.3, -0.25) is 9.38 Å². The first-order valence-electron chi connectivity index (χ1n) is 8.35. The molecule has 0 aromatic carbocycles. The monoisotopic (exact) mass is 399 g/mol. The molecule has 148 valence electrons. The lowest BCUT2D eigenvalue weighted by Gasteiger charge is -2.17. The number of aromatic nitrogens is 5. The molecular formula is C17H14F5N5O. The van der Waals surface area contributed by atoms with Crippen molar-refractivity contribution in [1.29, 1.82) is 0 Å². The quantitative estimate of drug-likeness (QED) is 0.623. The summed E-state index contributed by atoms with van der Waals surface area (Å²) < 4.78 is 72.0. The number of ether oxygens (including phenoxy) is 1. The van der Waals surface area contributed by atoms with E-state index >= 15 is 0 Å². The van der Waals surface area contributed by atoms with E-state index in [1.54, 1.807) is 4.40 Å². The van der Waals surface area contributed by atoms with Gasteiger partial charge in [0.15, 0.2) is 17.6 Å². The van der Waals surface area contributed by atoms with Gasteiger partial charge in [0, 0.05) is 18.0 Å². The van der Waals surface area contributed by atoms with Gasteiger partial charge < -0.3 is 4.74 Å². The molecule has 0 N–H and O–H groups in total. The second kappa shape index (κ2) is 6.08. The van der Waals surface area contributed by atoms with Crippen molar-refractivity contribution in [3.8, 4) is 17.1 Å². The Hall–Kier alpha value is -2.85. The minimum absolute atomic E-state index is 0.213. The lowest BCUT2D eigenvalue weighted by molar-refractivity contribution is -0.190. The van der Waals surface area contributed by atoms with Crippen LogP contribution in [0, 0.1) is 5.82 Å². The van der Waals surface area contributed by atoms with Gasteiger partial charge in [0.25, 0.3) is 5.88 Å².